The summed E-state index contributed by atoms with van der Waals surface area (Å²) in [4.78, 5) is 101. The molecule has 5 heterocycles. The number of esters is 1. The Hall–Kier alpha value is -6.29. The third-order valence-electron chi connectivity index (χ3n) is 10.3. The van der Waals surface area contributed by atoms with Crippen LogP contribution in [0.25, 0.3) is 21.6 Å². The van der Waals surface area contributed by atoms with Gasteiger partial charge in [0.2, 0.25) is 0 Å². The van der Waals surface area contributed by atoms with E-state index in [1.165, 1.54) is 29.2 Å². The monoisotopic (exact) mass is 1010 g/mol. The number of alkyl carbamates (subject to hydrolysis) is 2. The normalized spacial score (nSPS) is 22.8. The van der Waals surface area contributed by atoms with E-state index in [4.69, 9.17) is 45.2 Å². The van der Waals surface area contributed by atoms with Gasteiger partial charge in [-0.15, -0.1) is 0 Å². The lowest BCUT2D eigenvalue weighted by molar-refractivity contribution is -0.159. The van der Waals surface area contributed by atoms with Gasteiger partial charge < -0.3 is 70.1 Å². The number of hydrogen-bond acceptors (Lipinski definition) is 21. The number of aromatic nitrogens is 6. The summed E-state index contributed by atoms with van der Waals surface area (Å²) in [5.74, 6) is -1.33. The number of carbonyl (C=O) groups excluding carboxylic acids is 3. The van der Waals surface area contributed by atoms with E-state index in [2.05, 4.69) is 45.1 Å². The van der Waals surface area contributed by atoms with Gasteiger partial charge in [0.05, 0.1) is 31.3 Å². The van der Waals surface area contributed by atoms with Crippen LogP contribution in [0.15, 0.2) is 59.1 Å². The van der Waals surface area contributed by atoms with Crippen LogP contribution in [0.4, 0.5) is 26.9 Å². The van der Waals surface area contributed by atoms with Crippen molar-refractivity contribution in [3.05, 3.63) is 75.7 Å². The molecule has 2 aliphatic heterocycles. The summed E-state index contributed by atoms with van der Waals surface area (Å²) in [5, 5.41) is 20.3. The maximum atomic E-state index is 14.1. The SMILES string of the molecule is CC(C)(C)OC(=O)N[C@@H](CCCNC(=O)OCc1ccccc1N=[N+]=[N-])C(=O)O[C@H]1[C@@H](O)[C@H](n2cnc3c(N)ncnc32)O[C@@H]1COP(=O)(O)[C@H]1C[C@H](n2ccc(N)nc2=O)O[C@@H]1COP(=O)(O)O. The first-order valence-electron chi connectivity index (χ1n) is 20.7. The minimum absolute atomic E-state index is 0.0185. The highest BCUT2D eigenvalue weighted by Gasteiger charge is 2.52. The van der Waals surface area contributed by atoms with Crippen LogP contribution in [-0.2, 0) is 53.3 Å². The van der Waals surface area contributed by atoms with E-state index in [9.17, 15) is 48.1 Å². The van der Waals surface area contributed by atoms with Gasteiger partial charge in [0.1, 0.15) is 54.3 Å². The van der Waals surface area contributed by atoms with Crippen molar-refractivity contribution in [3.63, 3.8) is 0 Å². The van der Waals surface area contributed by atoms with Gasteiger partial charge in [0.15, 0.2) is 23.8 Å². The number of rotatable bonds is 19. The number of aliphatic hydroxyl groups is 1. The number of anilines is 2. The molecule has 0 aliphatic carbocycles. The Labute approximate surface area is 390 Å². The molecule has 2 saturated heterocycles. The first kappa shape index (κ1) is 52.1. The van der Waals surface area contributed by atoms with Crippen LogP contribution in [0.3, 0.4) is 0 Å². The standard InChI is InChI=1S/C37H49N13O17P2/c1-37(2,3)67-36(55)45-21(9-6-11-41-35(54)61-14-19-7-4-5-8-20(19)47-48-40)33(52)66-29-23(65-32(28(29)51)50-18-44-27-30(39)42-17-43-31(27)50)16-62-68(56,57)24-13-26(49-12-10-25(38)46-34(49)53)64-22(24)15-63-69(58,59)60/h4-5,7-8,10,12,17-18,21-24,26,28-29,32,51H,6,9,11,13-16H2,1-3H3,(H,41,54)(H,45,55)(H,56,57)(H2,38,46,53)(H2,39,42,43)(H2,58,59,60)/t21-,22+,23+,24-,26+,28+,29+,32+/m0/s1. The molecule has 32 heteroatoms. The molecule has 6 rings (SSSR count). The molecule has 9 atom stereocenters. The topological polar surface area (TPSA) is 434 Å². The van der Waals surface area contributed by atoms with Gasteiger partial charge in [0, 0.05) is 29.8 Å². The molecule has 10 N–H and O–H groups in total. The second kappa shape index (κ2) is 22.0. The summed E-state index contributed by atoms with van der Waals surface area (Å²) in [6.45, 7) is 2.55. The highest BCUT2D eigenvalue weighted by molar-refractivity contribution is 7.53. The molecule has 3 aromatic heterocycles. The number of benzene rings is 1. The number of nitrogens with zero attached hydrogens (tertiary/aromatic N) is 9. The minimum Gasteiger partial charge on any atom is -0.455 e. The maximum Gasteiger partial charge on any atom is 0.469 e. The molecule has 0 bridgehead atoms. The van der Waals surface area contributed by atoms with Gasteiger partial charge in [0.25, 0.3) is 0 Å². The molecule has 2 amide bonds. The number of amides is 2. The molecule has 69 heavy (non-hydrogen) atoms. The fourth-order valence-corrected chi connectivity index (χ4v) is 9.06. The van der Waals surface area contributed by atoms with Crippen LogP contribution in [0.5, 0.6) is 0 Å². The highest BCUT2D eigenvalue weighted by atomic mass is 31.2. The number of carbonyl (C=O) groups is 3. The van der Waals surface area contributed by atoms with E-state index >= 15 is 0 Å². The van der Waals surface area contributed by atoms with Crippen LogP contribution >= 0.6 is 15.4 Å². The summed E-state index contributed by atoms with van der Waals surface area (Å²) in [7, 11) is -10.2. The van der Waals surface area contributed by atoms with E-state index < -0.39 is 113 Å². The van der Waals surface area contributed by atoms with E-state index in [-0.39, 0.29) is 54.5 Å². The molecular formula is C37H49N13O17P2. The van der Waals surface area contributed by atoms with Crippen LogP contribution in [0.2, 0.25) is 0 Å². The van der Waals surface area contributed by atoms with Crippen LogP contribution in [0, 0.1) is 0 Å². The molecule has 0 saturated carbocycles. The molecule has 4 aromatic rings. The molecule has 0 radical (unpaired) electrons. The molecule has 1 unspecified atom stereocenters. The summed E-state index contributed by atoms with van der Waals surface area (Å²) >= 11 is 0. The Morgan fingerprint density at radius 1 is 1.03 bits per heavy atom. The third kappa shape index (κ3) is 13.7. The smallest absolute Gasteiger partial charge is 0.455 e. The summed E-state index contributed by atoms with van der Waals surface area (Å²) < 4.78 is 66.4. The molecule has 1 aromatic carbocycles. The first-order chi connectivity index (χ1) is 32.5. The van der Waals surface area contributed by atoms with E-state index in [1.807, 2.05) is 0 Å². The molecule has 2 fully saturated rings. The van der Waals surface area contributed by atoms with Crippen LogP contribution < -0.4 is 27.8 Å². The maximum absolute atomic E-state index is 14.1. The van der Waals surface area contributed by atoms with Gasteiger partial charge in [-0.1, -0.05) is 29.4 Å². The number of fused-ring (bicyclic) bond motifs is 1. The van der Waals surface area contributed by atoms with E-state index in [0.29, 0.717) is 5.56 Å². The molecule has 2 aliphatic rings. The fraction of sp³-hybridized carbons (Fsp3) is 0.514. The van der Waals surface area contributed by atoms with Crippen molar-refractivity contribution in [2.45, 2.75) is 101 Å². The van der Waals surface area contributed by atoms with Crippen LogP contribution in [-0.4, -0.2) is 128 Å². The van der Waals surface area contributed by atoms with Crippen molar-refractivity contribution >= 4 is 62.1 Å². The molecular weight excluding hydrogens is 960 g/mol. The number of azide groups is 1. The van der Waals surface area contributed by atoms with Gasteiger partial charge in [-0.25, -0.2) is 38.7 Å². The quantitative estimate of drug-likeness (QED) is 0.0126. The Kier molecular flexibility index (Phi) is 16.6. The second-order valence-corrected chi connectivity index (χ2v) is 19.6. The number of aliphatic hydroxyl groups excluding tert-OH is 1. The predicted octanol–water partition coefficient (Wildman–Crippen LogP) is 1.93. The number of ether oxygens (including phenoxy) is 5. The zero-order chi connectivity index (χ0) is 50.3. The Morgan fingerprint density at radius 2 is 1.77 bits per heavy atom. The van der Waals surface area contributed by atoms with Crippen molar-refractivity contribution in [2.24, 2.45) is 5.11 Å². The lowest BCUT2D eigenvalue weighted by atomic mass is 10.1. The number of phosphoric ester groups is 1. The molecule has 0 spiro atoms. The van der Waals surface area contributed by atoms with Crippen molar-refractivity contribution in [3.8, 4) is 0 Å². The number of hydrogen-bond donors (Lipinski definition) is 8. The zero-order valence-corrected chi connectivity index (χ0v) is 38.6. The Balaban J connectivity index is 1.21. The first-order valence-corrected chi connectivity index (χ1v) is 23.9. The van der Waals surface area contributed by atoms with E-state index in [1.54, 1.807) is 39.0 Å². The Morgan fingerprint density at radius 3 is 2.48 bits per heavy atom. The molecule has 374 valence electrons. The Bertz CT molecular complexity index is 2710. The highest BCUT2D eigenvalue weighted by Crippen LogP contribution is 2.56. The predicted molar refractivity (Wildman–Crippen MR) is 234 cm³/mol. The van der Waals surface area contributed by atoms with Gasteiger partial charge in [-0.2, -0.15) is 4.98 Å². The summed E-state index contributed by atoms with van der Waals surface area (Å²) in [5.41, 5.74) is 17.7. The second-order valence-electron chi connectivity index (χ2n) is 16.3. The lowest BCUT2D eigenvalue weighted by Crippen LogP contribution is -2.48. The number of nitrogens with one attached hydrogen (secondary N) is 2. The fourth-order valence-electron chi connectivity index (χ4n) is 7.14. The summed E-state index contributed by atoms with van der Waals surface area (Å²) in [6, 6.07) is 6.17. The van der Waals surface area contributed by atoms with E-state index in [0.717, 1.165) is 10.9 Å². The average Bonchev–Trinajstić information content (AvgIpc) is 3.98. The lowest BCUT2D eigenvalue weighted by Gasteiger charge is -2.27. The van der Waals surface area contributed by atoms with Crippen molar-refractivity contribution in [1.82, 2.24) is 39.7 Å². The van der Waals surface area contributed by atoms with Crippen LogP contribution in [0.1, 0.15) is 58.1 Å². The average molecular weight is 1010 g/mol. The number of nitrogens with two attached hydrogens (primary N) is 2. The third-order valence-corrected chi connectivity index (χ3v) is 12.6. The largest absolute Gasteiger partial charge is 0.469 e. The van der Waals surface area contributed by atoms with Crippen molar-refractivity contribution in [2.75, 3.05) is 31.2 Å². The van der Waals surface area contributed by atoms with Crippen molar-refractivity contribution < 1.29 is 76.0 Å². The molecule has 30 nitrogen and oxygen atoms in total. The zero-order valence-electron chi connectivity index (χ0n) is 36.9. The van der Waals surface area contributed by atoms with Gasteiger partial charge in [-0.3, -0.25) is 18.2 Å². The number of imidazole rings is 1. The summed E-state index contributed by atoms with van der Waals surface area (Å²) in [6.07, 6.45) is -8.57. The van der Waals surface area contributed by atoms with Gasteiger partial charge in [-0.05, 0) is 50.8 Å². The minimum atomic E-state index is -5.16. The number of nitrogen functional groups attached to an aromatic ring is 2. The van der Waals surface area contributed by atoms with Crippen molar-refractivity contribution in [1.29, 1.82) is 0 Å². The van der Waals surface area contributed by atoms with Gasteiger partial charge >= 0.3 is 39.3 Å². The number of phosphoric acid groups is 1.